The van der Waals surface area contributed by atoms with Gasteiger partial charge >= 0.3 is 5.97 Å². The van der Waals surface area contributed by atoms with Crippen molar-refractivity contribution in [2.75, 3.05) is 13.2 Å². The molecule has 24 heavy (non-hydrogen) atoms. The summed E-state index contributed by atoms with van der Waals surface area (Å²) < 4.78 is 10.7. The molecule has 0 aliphatic rings. The first kappa shape index (κ1) is 15.6. The Morgan fingerprint density at radius 1 is 1.25 bits per heavy atom. The van der Waals surface area contributed by atoms with Gasteiger partial charge in [0.2, 0.25) is 0 Å². The molecule has 0 bridgehead atoms. The molecule has 0 atom stereocenters. The lowest BCUT2D eigenvalue weighted by Crippen LogP contribution is -2.07. The number of benzene rings is 2. The van der Waals surface area contributed by atoms with Crippen LogP contribution in [0.15, 0.2) is 36.4 Å². The Kier molecular flexibility index (Phi) is 4.43. The number of carbonyl (C=O) groups is 1. The fourth-order valence-electron chi connectivity index (χ4n) is 2.48. The van der Waals surface area contributed by atoms with Gasteiger partial charge in [-0.1, -0.05) is 36.3 Å². The lowest BCUT2D eigenvalue weighted by atomic mass is 10.00. The zero-order chi connectivity index (χ0) is 16.9. The molecule has 0 aliphatic carbocycles. The lowest BCUT2D eigenvalue weighted by Gasteiger charge is -2.12. The zero-order valence-corrected chi connectivity index (χ0v) is 13.1. The van der Waals surface area contributed by atoms with Crippen LogP contribution in [-0.4, -0.2) is 34.6 Å². The standard InChI is InChI=1S/C18H15N3O3/c1-3-11-24-14-10-9-12-7-5-6-8-13(12)15(14)16-17(20-21-19-16)18(22)23-4-2/h1,5-10H,4,11H2,2H3,(H,19,20,21). The van der Waals surface area contributed by atoms with Crippen molar-refractivity contribution in [1.29, 1.82) is 0 Å². The highest BCUT2D eigenvalue weighted by molar-refractivity contribution is 6.04. The number of fused-ring (bicyclic) bond motifs is 1. The Morgan fingerprint density at radius 2 is 2.08 bits per heavy atom. The van der Waals surface area contributed by atoms with E-state index in [0.29, 0.717) is 17.0 Å². The number of H-pyrrole nitrogens is 1. The molecule has 0 amide bonds. The van der Waals surface area contributed by atoms with E-state index in [0.717, 1.165) is 10.8 Å². The minimum atomic E-state index is -0.544. The SMILES string of the molecule is C#CCOc1ccc2ccccc2c1-c1n[nH]nc1C(=O)OCC. The molecule has 0 aliphatic heterocycles. The summed E-state index contributed by atoms with van der Waals surface area (Å²) >= 11 is 0. The number of hydrogen-bond donors (Lipinski definition) is 1. The maximum atomic E-state index is 12.1. The summed E-state index contributed by atoms with van der Waals surface area (Å²) in [4.78, 5) is 12.1. The van der Waals surface area contributed by atoms with E-state index < -0.39 is 5.97 Å². The second-order valence-corrected chi connectivity index (χ2v) is 4.89. The van der Waals surface area contributed by atoms with Crippen molar-refractivity contribution < 1.29 is 14.3 Å². The Balaban J connectivity index is 2.23. The van der Waals surface area contributed by atoms with Gasteiger partial charge in [-0.2, -0.15) is 10.3 Å². The number of carbonyl (C=O) groups excluding carboxylic acids is 1. The predicted molar refractivity (Wildman–Crippen MR) is 89.6 cm³/mol. The van der Waals surface area contributed by atoms with Crippen molar-refractivity contribution in [2.24, 2.45) is 0 Å². The second-order valence-electron chi connectivity index (χ2n) is 4.89. The van der Waals surface area contributed by atoms with Crippen LogP contribution < -0.4 is 4.74 Å². The van der Waals surface area contributed by atoms with Crippen molar-refractivity contribution in [3.63, 3.8) is 0 Å². The fourth-order valence-corrected chi connectivity index (χ4v) is 2.48. The number of esters is 1. The molecule has 1 N–H and O–H groups in total. The molecule has 3 rings (SSSR count). The van der Waals surface area contributed by atoms with Crippen molar-refractivity contribution in [3.05, 3.63) is 42.1 Å². The highest BCUT2D eigenvalue weighted by atomic mass is 16.5. The Hall–Kier alpha value is -3.33. The molecule has 2 aromatic carbocycles. The van der Waals surface area contributed by atoms with Crippen LogP contribution in [0.5, 0.6) is 5.75 Å². The maximum Gasteiger partial charge on any atom is 0.361 e. The van der Waals surface area contributed by atoms with Crippen molar-refractivity contribution >= 4 is 16.7 Å². The average Bonchev–Trinajstić information content (AvgIpc) is 3.09. The van der Waals surface area contributed by atoms with Crippen molar-refractivity contribution in [2.45, 2.75) is 6.92 Å². The van der Waals surface area contributed by atoms with Crippen LogP contribution in [-0.2, 0) is 4.74 Å². The van der Waals surface area contributed by atoms with Gasteiger partial charge in [-0.05, 0) is 23.8 Å². The van der Waals surface area contributed by atoms with Crippen molar-refractivity contribution in [3.8, 4) is 29.4 Å². The topological polar surface area (TPSA) is 77.1 Å². The third kappa shape index (κ3) is 2.79. The monoisotopic (exact) mass is 321 g/mol. The van der Waals surface area contributed by atoms with E-state index in [2.05, 4.69) is 21.3 Å². The van der Waals surface area contributed by atoms with Crippen LogP contribution in [0.25, 0.3) is 22.0 Å². The van der Waals surface area contributed by atoms with Crippen LogP contribution in [0.4, 0.5) is 0 Å². The van der Waals surface area contributed by atoms with Gasteiger partial charge in [0, 0.05) is 0 Å². The molecule has 3 aromatic rings. The number of terminal acetylenes is 1. The smallest absolute Gasteiger partial charge is 0.361 e. The van der Waals surface area contributed by atoms with Gasteiger partial charge in [0.1, 0.15) is 18.1 Å². The van der Waals surface area contributed by atoms with E-state index in [4.69, 9.17) is 15.9 Å². The van der Waals surface area contributed by atoms with Gasteiger partial charge in [-0.3, -0.25) is 0 Å². The molecule has 1 aromatic heterocycles. The van der Waals surface area contributed by atoms with Gasteiger partial charge in [0.15, 0.2) is 5.69 Å². The number of hydrogen-bond acceptors (Lipinski definition) is 5. The molecule has 0 unspecified atom stereocenters. The number of ether oxygens (including phenoxy) is 2. The van der Waals surface area contributed by atoms with Crippen LogP contribution in [0.1, 0.15) is 17.4 Å². The Morgan fingerprint density at radius 3 is 2.88 bits per heavy atom. The van der Waals surface area contributed by atoms with Crippen LogP contribution in [0.3, 0.4) is 0 Å². The predicted octanol–water partition coefficient (Wildman–Crippen LogP) is 2.81. The number of aromatic nitrogens is 3. The van der Waals surface area contributed by atoms with E-state index in [1.54, 1.807) is 13.0 Å². The summed E-state index contributed by atoms with van der Waals surface area (Å²) in [6.07, 6.45) is 5.29. The minimum Gasteiger partial charge on any atom is -0.480 e. The van der Waals surface area contributed by atoms with E-state index in [-0.39, 0.29) is 18.9 Å². The third-order valence-corrected chi connectivity index (χ3v) is 3.46. The van der Waals surface area contributed by atoms with E-state index in [9.17, 15) is 4.79 Å². The van der Waals surface area contributed by atoms with Crippen LogP contribution >= 0.6 is 0 Å². The molecule has 6 heteroatoms. The van der Waals surface area contributed by atoms with Gasteiger partial charge in [-0.25, -0.2) is 4.79 Å². The van der Waals surface area contributed by atoms with Gasteiger partial charge in [-0.15, -0.1) is 11.5 Å². The number of nitrogens with zero attached hydrogens (tertiary/aromatic N) is 2. The second kappa shape index (κ2) is 6.84. The van der Waals surface area contributed by atoms with Gasteiger partial charge < -0.3 is 9.47 Å². The van der Waals surface area contributed by atoms with Crippen molar-refractivity contribution in [1.82, 2.24) is 15.4 Å². The summed E-state index contributed by atoms with van der Waals surface area (Å²) in [5, 5.41) is 12.4. The summed E-state index contributed by atoms with van der Waals surface area (Å²) in [5.74, 6) is 2.43. The molecule has 0 spiro atoms. The van der Waals surface area contributed by atoms with Gasteiger partial charge in [0.05, 0.1) is 12.2 Å². The minimum absolute atomic E-state index is 0.109. The van der Waals surface area contributed by atoms with Crippen LogP contribution in [0.2, 0.25) is 0 Å². The first-order valence-electron chi connectivity index (χ1n) is 7.42. The summed E-state index contributed by atoms with van der Waals surface area (Å²) in [5.41, 5.74) is 1.14. The number of nitrogens with one attached hydrogen (secondary N) is 1. The largest absolute Gasteiger partial charge is 0.480 e. The quantitative estimate of drug-likeness (QED) is 0.577. The highest BCUT2D eigenvalue weighted by Gasteiger charge is 2.23. The molecule has 1 heterocycles. The molecule has 6 nitrogen and oxygen atoms in total. The lowest BCUT2D eigenvalue weighted by molar-refractivity contribution is 0.0520. The molecule has 120 valence electrons. The molecular formula is C18H15N3O3. The molecule has 0 radical (unpaired) electrons. The van der Waals surface area contributed by atoms with E-state index in [1.165, 1.54) is 0 Å². The first-order chi connectivity index (χ1) is 11.8. The fraction of sp³-hybridized carbons (Fsp3) is 0.167. The Bertz CT molecular complexity index is 925. The maximum absolute atomic E-state index is 12.1. The highest BCUT2D eigenvalue weighted by Crippen LogP contribution is 2.37. The zero-order valence-electron chi connectivity index (χ0n) is 13.1. The first-order valence-corrected chi connectivity index (χ1v) is 7.42. The summed E-state index contributed by atoms with van der Waals surface area (Å²) in [6, 6.07) is 11.5. The third-order valence-electron chi connectivity index (χ3n) is 3.46. The molecule has 0 saturated carbocycles. The molecular weight excluding hydrogens is 306 g/mol. The Labute approximate surface area is 138 Å². The number of aromatic amines is 1. The number of rotatable bonds is 5. The summed E-state index contributed by atoms with van der Waals surface area (Å²) in [6.45, 7) is 2.09. The van der Waals surface area contributed by atoms with E-state index >= 15 is 0 Å². The summed E-state index contributed by atoms with van der Waals surface area (Å²) in [7, 11) is 0. The van der Waals surface area contributed by atoms with E-state index in [1.807, 2.05) is 30.3 Å². The average molecular weight is 321 g/mol. The molecule has 0 saturated heterocycles. The molecule has 0 fully saturated rings. The van der Waals surface area contributed by atoms with Crippen LogP contribution in [0, 0.1) is 12.3 Å². The normalized spacial score (nSPS) is 10.3. The van der Waals surface area contributed by atoms with Gasteiger partial charge in [0.25, 0.3) is 0 Å².